The Morgan fingerprint density at radius 2 is 1.34 bits per heavy atom. The third-order valence-corrected chi connectivity index (χ3v) is 4.59. The molecule has 0 aliphatic rings. The smallest absolute Gasteiger partial charge is 0.432 e. The summed E-state index contributed by atoms with van der Waals surface area (Å²) in [6, 6.07) is 4.60. The highest BCUT2D eigenvalue weighted by molar-refractivity contribution is 5.45. The van der Waals surface area contributed by atoms with E-state index in [1.165, 1.54) is 0 Å². The van der Waals surface area contributed by atoms with Crippen LogP contribution in [-0.4, -0.2) is 6.61 Å². The molecule has 0 fully saturated rings. The molecule has 0 N–H and O–H groups in total. The van der Waals surface area contributed by atoms with E-state index in [9.17, 15) is 35.1 Å². The van der Waals surface area contributed by atoms with E-state index in [1.54, 1.807) is 0 Å². The van der Waals surface area contributed by atoms with Crippen molar-refractivity contribution in [2.75, 3.05) is 6.61 Å². The molecule has 3 aromatic rings. The zero-order valence-electron chi connectivity index (χ0n) is 18.0. The van der Waals surface area contributed by atoms with Gasteiger partial charge in [-0.2, -0.15) is 8.78 Å². The van der Waals surface area contributed by atoms with Gasteiger partial charge in [-0.25, -0.2) is 26.3 Å². The van der Waals surface area contributed by atoms with Crippen molar-refractivity contribution in [2.45, 2.75) is 25.9 Å². The molecule has 0 saturated heterocycles. The van der Waals surface area contributed by atoms with Crippen LogP contribution in [0.3, 0.4) is 0 Å². The maximum absolute atomic E-state index is 14.5. The monoisotopic (exact) mass is 500 g/mol. The second-order valence-electron chi connectivity index (χ2n) is 7.23. The molecular weight excluding hydrogens is 484 g/mol. The Morgan fingerprint density at radius 3 is 1.91 bits per heavy atom. The molecular formula is C25H16F8O2. The average Bonchev–Trinajstić information content (AvgIpc) is 2.76. The van der Waals surface area contributed by atoms with Gasteiger partial charge in [0, 0.05) is 23.8 Å². The first-order valence-electron chi connectivity index (χ1n) is 10.2. The number of hydrogen-bond donors (Lipinski definition) is 0. The fourth-order valence-corrected chi connectivity index (χ4v) is 2.87. The first kappa shape index (κ1) is 25.9. The molecule has 0 saturated carbocycles. The summed E-state index contributed by atoms with van der Waals surface area (Å²) in [5, 5.41) is 0. The summed E-state index contributed by atoms with van der Waals surface area (Å²) < 4.78 is 121. The van der Waals surface area contributed by atoms with E-state index < -0.39 is 52.3 Å². The second kappa shape index (κ2) is 10.7. The van der Waals surface area contributed by atoms with Crippen molar-refractivity contribution < 1.29 is 44.6 Å². The maximum Gasteiger partial charge on any atom is 0.432 e. The normalized spacial score (nSPS) is 11.1. The van der Waals surface area contributed by atoms with E-state index in [4.69, 9.17) is 4.74 Å². The maximum atomic E-state index is 14.5. The Labute approximate surface area is 195 Å². The van der Waals surface area contributed by atoms with Crippen LogP contribution in [-0.2, 0) is 6.11 Å². The standard InChI is InChI=1S/C25H16F8O2/c1-2-3-8-34-17-12-19(27)23(20(28)13-17)25(32,33)35-16-7-6-15(18(26)11-16)5-4-14-9-21(29)24(31)22(30)10-14/h6-7,9-13H,2-3,8H2,1H3. The van der Waals surface area contributed by atoms with Crippen molar-refractivity contribution in [3.05, 3.63) is 94.1 Å². The average molecular weight is 500 g/mol. The number of ether oxygens (including phenoxy) is 2. The molecule has 3 aromatic carbocycles. The SMILES string of the molecule is CCCCOc1cc(F)c(C(F)(F)Oc2ccc(C#Cc3cc(F)c(F)c(F)c3)c(F)c2)c(F)c1. The molecule has 0 aliphatic heterocycles. The van der Waals surface area contributed by atoms with E-state index in [0.29, 0.717) is 36.8 Å². The van der Waals surface area contributed by atoms with Crippen LogP contribution >= 0.6 is 0 Å². The van der Waals surface area contributed by atoms with Gasteiger partial charge in [0.15, 0.2) is 17.5 Å². The second-order valence-corrected chi connectivity index (χ2v) is 7.23. The lowest BCUT2D eigenvalue weighted by Crippen LogP contribution is -2.25. The third-order valence-electron chi connectivity index (χ3n) is 4.59. The Kier molecular flexibility index (Phi) is 7.89. The fourth-order valence-electron chi connectivity index (χ4n) is 2.87. The Hall–Kier alpha value is -3.74. The zero-order chi connectivity index (χ0) is 25.8. The van der Waals surface area contributed by atoms with Crippen LogP contribution in [0.2, 0.25) is 0 Å². The van der Waals surface area contributed by atoms with E-state index in [1.807, 2.05) is 6.92 Å². The number of unbranched alkanes of at least 4 members (excludes halogenated alkanes) is 1. The predicted octanol–water partition coefficient (Wildman–Crippen LogP) is 7.23. The molecule has 3 rings (SSSR count). The molecule has 184 valence electrons. The zero-order valence-corrected chi connectivity index (χ0v) is 18.0. The summed E-state index contributed by atoms with van der Waals surface area (Å²) >= 11 is 0. The van der Waals surface area contributed by atoms with Crippen LogP contribution in [0.5, 0.6) is 11.5 Å². The molecule has 35 heavy (non-hydrogen) atoms. The summed E-state index contributed by atoms with van der Waals surface area (Å²) in [7, 11) is 0. The van der Waals surface area contributed by atoms with Gasteiger partial charge in [0.2, 0.25) is 0 Å². The molecule has 2 nitrogen and oxygen atoms in total. The summed E-state index contributed by atoms with van der Waals surface area (Å²) in [6.45, 7) is 2.00. The van der Waals surface area contributed by atoms with E-state index in [-0.39, 0.29) is 23.5 Å². The van der Waals surface area contributed by atoms with Crippen LogP contribution in [0.15, 0.2) is 42.5 Å². The molecule has 0 heterocycles. The van der Waals surface area contributed by atoms with Crippen LogP contribution in [0.25, 0.3) is 0 Å². The minimum Gasteiger partial charge on any atom is -0.493 e. The van der Waals surface area contributed by atoms with E-state index in [2.05, 4.69) is 16.6 Å². The van der Waals surface area contributed by atoms with Crippen molar-refractivity contribution in [3.8, 4) is 23.3 Å². The molecule has 0 atom stereocenters. The summed E-state index contributed by atoms with van der Waals surface area (Å²) in [4.78, 5) is 0. The Morgan fingerprint density at radius 1 is 0.743 bits per heavy atom. The fraction of sp³-hybridized carbons (Fsp3) is 0.200. The molecule has 0 radical (unpaired) electrons. The van der Waals surface area contributed by atoms with Crippen molar-refractivity contribution in [3.63, 3.8) is 0 Å². The van der Waals surface area contributed by atoms with Crippen LogP contribution < -0.4 is 9.47 Å². The predicted molar refractivity (Wildman–Crippen MR) is 110 cm³/mol. The van der Waals surface area contributed by atoms with Crippen LogP contribution in [0, 0.1) is 46.7 Å². The number of rotatable bonds is 7. The van der Waals surface area contributed by atoms with Gasteiger partial charge >= 0.3 is 6.11 Å². The van der Waals surface area contributed by atoms with Gasteiger partial charge < -0.3 is 9.47 Å². The number of halogens is 8. The molecule has 10 heteroatoms. The highest BCUT2D eigenvalue weighted by atomic mass is 19.3. The van der Waals surface area contributed by atoms with Crippen LogP contribution in [0.4, 0.5) is 35.1 Å². The third kappa shape index (κ3) is 6.23. The highest BCUT2D eigenvalue weighted by Gasteiger charge is 2.41. The van der Waals surface area contributed by atoms with Crippen molar-refractivity contribution in [1.29, 1.82) is 0 Å². The molecule has 0 aromatic heterocycles. The van der Waals surface area contributed by atoms with Gasteiger partial charge in [0.25, 0.3) is 0 Å². The van der Waals surface area contributed by atoms with Gasteiger partial charge in [-0.05, 0) is 30.7 Å². The molecule has 0 unspecified atom stereocenters. The summed E-state index contributed by atoms with van der Waals surface area (Å²) in [5.41, 5.74) is -2.37. The minimum atomic E-state index is -4.51. The molecule has 0 amide bonds. The quantitative estimate of drug-likeness (QED) is 0.148. The van der Waals surface area contributed by atoms with Gasteiger partial charge in [0.1, 0.15) is 34.5 Å². The first-order valence-corrected chi connectivity index (χ1v) is 10.2. The summed E-state index contributed by atoms with van der Waals surface area (Å²) in [5.74, 6) is -5.75. The van der Waals surface area contributed by atoms with Crippen molar-refractivity contribution in [2.24, 2.45) is 0 Å². The number of hydrogen-bond acceptors (Lipinski definition) is 2. The van der Waals surface area contributed by atoms with Gasteiger partial charge in [0.05, 0.1) is 12.2 Å². The Balaban J connectivity index is 1.81. The van der Waals surface area contributed by atoms with E-state index >= 15 is 0 Å². The molecule has 0 bridgehead atoms. The first-order chi connectivity index (χ1) is 16.5. The lowest BCUT2D eigenvalue weighted by atomic mass is 10.1. The Bertz CT molecular complexity index is 1250. The van der Waals surface area contributed by atoms with Gasteiger partial charge in [-0.15, -0.1) is 0 Å². The van der Waals surface area contributed by atoms with Crippen LogP contribution in [0.1, 0.15) is 36.5 Å². The van der Waals surface area contributed by atoms with E-state index in [0.717, 1.165) is 18.6 Å². The van der Waals surface area contributed by atoms with Gasteiger partial charge in [-0.1, -0.05) is 25.2 Å². The van der Waals surface area contributed by atoms with Crippen molar-refractivity contribution >= 4 is 0 Å². The largest absolute Gasteiger partial charge is 0.493 e. The molecule has 0 spiro atoms. The lowest BCUT2D eigenvalue weighted by Gasteiger charge is -2.20. The number of alkyl halides is 2. The van der Waals surface area contributed by atoms with Crippen molar-refractivity contribution in [1.82, 2.24) is 0 Å². The summed E-state index contributed by atoms with van der Waals surface area (Å²) in [6.07, 6.45) is -3.17. The van der Waals surface area contributed by atoms with Gasteiger partial charge in [-0.3, -0.25) is 0 Å². The lowest BCUT2D eigenvalue weighted by molar-refractivity contribution is -0.189. The molecule has 0 aliphatic carbocycles. The topological polar surface area (TPSA) is 18.5 Å². The number of benzene rings is 3. The minimum absolute atomic E-state index is 0.140. The highest BCUT2D eigenvalue weighted by Crippen LogP contribution is 2.37.